The van der Waals surface area contributed by atoms with Gasteiger partial charge in [0.1, 0.15) is 0 Å². The fourth-order valence-corrected chi connectivity index (χ4v) is 1.49. The minimum absolute atomic E-state index is 0.0655. The molecule has 2 rings (SSSR count). The average Bonchev–Trinajstić information content (AvgIpc) is 2.43. The summed E-state index contributed by atoms with van der Waals surface area (Å²) < 4.78 is 4.93. The van der Waals surface area contributed by atoms with Crippen molar-refractivity contribution in [2.24, 2.45) is 0 Å². The molecule has 0 aliphatic heterocycles. The van der Waals surface area contributed by atoms with Gasteiger partial charge >= 0.3 is 5.97 Å². The van der Waals surface area contributed by atoms with Gasteiger partial charge in [-0.1, -0.05) is 18.2 Å². The highest BCUT2D eigenvalue weighted by atomic mass is 16.5. The van der Waals surface area contributed by atoms with Crippen LogP contribution in [-0.2, 0) is 4.79 Å². The second kappa shape index (κ2) is 5.79. The Morgan fingerprint density at radius 1 is 0.950 bits per heavy atom. The second-order valence-electron chi connectivity index (χ2n) is 3.97. The maximum absolute atomic E-state index is 11.6. The van der Waals surface area contributed by atoms with Gasteiger partial charge in [0, 0.05) is 6.08 Å². The molecule has 0 unspecified atom stereocenters. The van der Waals surface area contributed by atoms with Gasteiger partial charge in [0.05, 0.1) is 0 Å². The van der Waals surface area contributed by atoms with Crippen LogP contribution in [0.1, 0.15) is 5.56 Å². The molecule has 2 aromatic carbocycles. The summed E-state index contributed by atoms with van der Waals surface area (Å²) in [6.07, 6.45) is 2.57. The fraction of sp³-hybridized carbons (Fsp3) is 0. The lowest BCUT2D eigenvalue weighted by atomic mass is 10.2. The molecule has 0 atom stereocenters. The van der Waals surface area contributed by atoms with Gasteiger partial charge in [0.2, 0.25) is 0 Å². The van der Waals surface area contributed by atoms with E-state index in [9.17, 15) is 15.0 Å². The molecular weight excluding hydrogens is 260 g/mol. The molecule has 0 bridgehead atoms. The lowest BCUT2D eigenvalue weighted by Gasteiger charge is -2.03. The molecule has 102 valence electrons. The van der Waals surface area contributed by atoms with Crippen LogP contribution in [0.25, 0.3) is 6.08 Å². The first kappa shape index (κ1) is 13.5. The van der Waals surface area contributed by atoms with Crippen LogP contribution in [0, 0.1) is 0 Å². The molecular formula is C15H12O5. The first-order chi connectivity index (χ1) is 9.56. The van der Waals surface area contributed by atoms with E-state index >= 15 is 0 Å². The van der Waals surface area contributed by atoms with Crippen molar-refractivity contribution < 1.29 is 24.9 Å². The largest absolute Gasteiger partial charge is 0.504 e. The monoisotopic (exact) mass is 272 g/mol. The molecule has 0 aromatic heterocycles. The number of rotatable bonds is 3. The summed E-state index contributed by atoms with van der Waals surface area (Å²) >= 11 is 0. The van der Waals surface area contributed by atoms with E-state index in [1.807, 2.05) is 0 Å². The molecule has 0 spiro atoms. The van der Waals surface area contributed by atoms with Gasteiger partial charge in [-0.2, -0.15) is 0 Å². The van der Waals surface area contributed by atoms with Crippen molar-refractivity contribution in [1.29, 1.82) is 0 Å². The van der Waals surface area contributed by atoms with Crippen molar-refractivity contribution in [1.82, 2.24) is 0 Å². The Morgan fingerprint density at radius 2 is 1.70 bits per heavy atom. The van der Waals surface area contributed by atoms with Crippen LogP contribution < -0.4 is 4.74 Å². The SMILES string of the molecule is O=C(C=Cc1ccc(O)c(O)c1)Oc1ccccc1O. The Hall–Kier alpha value is -2.95. The van der Waals surface area contributed by atoms with E-state index in [-0.39, 0.29) is 23.0 Å². The van der Waals surface area contributed by atoms with Crippen LogP contribution in [0.5, 0.6) is 23.0 Å². The second-order valence-corrected chi connectivity index (χ2v) is 3.97. The topological polar surface area (TPSA) is 87.0 Å². The summed E-state index contributed by atoms with van der Waals surface area (Å²) in [5.41, 5.74) is 0.523. The van der Waals surface area contributed by atoms with Gasteiger partial charge in [-0.15, -0.1) is 0 Å². The summed E-state index contributed by atoms with van der Waals surface area (Å²) in [5, 5.41) is 27.9. The average molecular weight is 272 g/mol. The first-order valence-electron chi connectivity index (χ1n) is 5.76. The van der Waals surface area contributed by atoms with Crippen molar-refractivity contribution in [2.45, 2.75) is 0 Å². The van der Waals surface area contributed by atoms with Crippen molar-refractivity contribution in [3.05, 3.63) is 54.1 Å². The molecule has 0 saturated heterocycles. The van der Waals surface area contributed by atoms with E-state index in [0.29, 0.717) is 5.56 Å². The lowest BCUT2D eigenvalue weighted by molar-refractivity contribution is -0.129. The van der Waals surface area contributed by atoms with Crippen LogP contribution in [0.4, 0.5) is 0 Å². The number of phenolic OH excluding ortho intramolecular Hbond substituents is 3. The first-order valence-corrected chi connectivity index (χ1v) is 5.76. The third-order valence-corrected chi connectivity index (χ3v) is 2.49. The normalized spacial score (nSPS) is 10.6. The molecule has 0 aliphatic rings. The Kier molecular flexibility index (Phi) is 3.91. The van der Waals surface area contributed by atoms with E-state index in [4.69, 9.17) is 9.84 Å². The van der Waals surface area contributed by atoms with Crippen molar-refractivity contribution >= 4 is 12.0 Å². The Labute approximate surface area is 115 Å². The number of aromatic hydroxyl groups is 3. The number of benzene rings is 2. The summed E-state index contributed by atoms with van der Waals surface area (Å²) in [7, 11) is 0. The highest BCUT2D eigenvalue weighted by Gasteiger charge is 2.05. The molecule has 0 fully saturated rings. The van der Waals surface area contributed by atoms with Crippen molar-refractivity contribution in [3.63, 3.8) is 0 Å². The van der Waals surface area contributed by atoms with E-state index in [0.717, 1.165) is 6.08 Å². The van der Waals surface area contributed by atoms with Crippen LogP contribution in [0.3, 0.4) is 0 Å². The standard InChI is InChI=1S/C15H12O5/c16-11-7-5-10(9-13(11)18)6-8-15(19)20-14-4-2-1-3-12(14)17/h1-9,16-18H. The zero-order chi connectivity index (χ0) is 14.5. The Balaban J connectivity index is 2.06. The lowest BCUT2D eigenvalue weighted by Crippen LogP contribution is -2.03. The Morgan fingerprint density at radius 3 is 2.40 bits per heavy atom. The molecule has 0 amide bonds. The minimum atomic E-state index is -0.668. The van der Waals surface area contributed by atoms with Crippen LogP contribution in [0.15, 0.2) is 48.5 Å². The van der Waals surface area contributed by atoms with Crippen molar-refractivity contribution in [2.75, 3.05) is 0 Å². The van der Waals surface area contributed by atoms with Crippen molar-refractivity contribution in [3.8, 4) is 23.0 Å². The number of hydrogen-bond acceptors (Lipinski definition) is 5. The van der Waals surface area contributed by atoms with E-state index in [2.05, 4.69) is 0 Å². The molecule has 0 heterocycles. The zero-order valence-electron chi connectivity index (χ0n) is 10.4. The summed E-state index contributed by atoms with van der Waals surface area (Å²) in [4.78, 5) is 11.6. The smallest absolute Gasteiger partial charge is 0.336 e. The van der Waals surface area contributed by atoms with E-state index < -0.39 is 5.97 Å². The van der Waals surface area contributed by atoms with Gasteiger partial charge in [-0.05, 0) is 35.9 Å². The molecule has 0 radical (unpaired) electrons. The fourth-order valence-electron chi connectivity index (χ4n) is 1.49. The van der Waals surface area contributed by atoms with Crippen LogP contribution >= 0.6 is 0 Å². The molecule has 0 aliphatic carbocycles. The summed E-state index contributed by atoms with van der Waals surface area (Å²) in [6, 6.07) is 10.3. The van der Waals surface area contributed by atoms with Gasteiger partial charge in [-0.3, -0.25) is 0 Å². The highest BCUT2D eigenvalue weighted by Crippen LogP contribution is 2.26. The quantitative estimate of drug-likeness (QED) is 0.346. The van der Waals surface area contributed by atoms with Crippen LogP contribution in [0.2, 0.25) is 0 Å². The molecule has 5 heteroatoms. The van der Waals surface area contributed by atoms with E-state index in [1.165, 1.54) is 36.4 Å². The number of ether oxygens (including phenoxy) is 1. The highest BCUT2D eigenvalue weighted by molar-refractivity contribution is 5.89. The van der Waals surface area contributed by atoms with Gasteiger partial charge < -0.3 is 20.1 Å². The third kappa shape index (κ3) is 3.29. The predicted molar refractivity (Wildman–Crippen MR) is 72.5 cm³/mol. The molecule has 0 saturated carbocycles. The van der Waals surface area contributed by atoms with Gasteiger partial charge in [0.25, 0.3) is 0 Å². The third-order valence-electron chi connectivity index (χ3n) is 2.49. The number of carbonyl (C=O) groups excluding carboxylic acids is 1. The number of esters is 1. The summed E-state index contributed by atoms with van der Waals surface area (Å²) in [6.45, 7) is 0. The number of para-hydroxylation sites is 2. The predicted octanol–water partition coefficient (Wildman–Crippen LogP) is 2.42. The zero-order valence-corrected chi connectivity index (χ0v) is 10.4. The molecule has 2 aromatic rings. The molecule has 5 nitrogen and oxygen atoms in total. The minimum Gasteiger partial charge on any atom is -0.504 e. The Bertz CT molecular complexity index is 661. The van der Waals surface area contributed by atoms with Crippen LogP contribution in [-0.4, -0.2) is 21.3 Å². The summed E-state index contributed by atoms with van der Waals surface area (Å²) in [5.74, 6) is -1.24. The van der Waals surface area contributed by atoms with E-state index in [1.54, 1.807) is 12.1 Å². The maximum atomic E-state index is 11.6. The number of hydrogen-bond donors (Lipinski definition) is 3. The van der Waals surface area contributed by atoms with Gasteiger partial charge in [-0.25, -0.2) is 4.79 Å². The number of carbonyl (C=O) groups is 1. The maximum Gasteiger partial charge on any atom is 0.336 e. The number of phenols is 3. The molecule has 20 heavy (non-hydrogen) atoms. The molecule has 3 N–H and O–H groups in total. The van der Waals surface area contributed by atoms with Gasteiger partial charge in [0.15, 0.2) is 23.0 Å².